The molecule has 7 heteroatoms. The molecule has 0 amide bonds. The topological polar surface area (TPSA) is 79.8 Å². The van der Waals surface area contributed by atoms with Gasteiger partial charge in [-0.2, -0.15) is 0 Å². The van der Waals surface area contributed by atoms with E-state index < -0.39 is 9.84 Å². The van der Waals surface area contributed by atoms with Crippen molar-refractivity contribution < 1.29 is 13.2 Å². The third-order valence-electron chi connectivity index (χ3n) is 5.45. The first-order valence-electron chi connectivity index (χ1n) is 9.33. The second kappa shape index (κ2) is 8.04. The zero-order valence-electron chi connectivity index (χ0n) is 14.7. The van der Waals surface area contributed by atoms with Gasteiger partial charge in [0.05, 0.1) is 18.1 Å². The molecule has 3 fully saturated rings. The van der Waals surface area contributed by atoms with Crippen LogP contribution in [0.4, 0.5) is 0 Å². The van der Waals surface area contributed by atoms with Gasteiger partial charge in [0.25, 0.3) is 0 Å². The molecule has 0 aromatic rings. The Balaban J connectivity index is 1.54. The van der Waals surface area contributed by atoms with E-state index in [1.165, 1.54) is 19.3 Å². The molecule has 0 aromatic carbocycles. The van der Waals surface area contributed by atoms with Crippen LogP contribution in [0.3, 0.4) is 0 Å². The van der Waals surface area contributed by atoms with Crippen molar-refractivity contribution >= 4 is 15.8 Å². The summed E-state index contributed by atoms with van der Waals surface area (Å²) in [6, 6.07) is 0.485. The highest BCUT2D eigenvalue weighted by Crippen LogP contribution is 2.24. The molecule has 2 heterocycles. The number of sulfone groups is 1. The van der Waals surface area contributed by atoms with Crippen LogP contribution in [0, 0.1) is 17.8 Å². The lowest BCUT2D eigenvalue weighted by Crippen LogP contribution is -2.44. The van der Waals surface area contributed by atoms with Crippen LogP contribution in [0.25, 0.3) is 0 Å². The molecule has 0 radical (unpaired) electrons. The Hall–Kier alpha value is -0.820. The first-order valence-corrected chi connectivity index (χ1v) is 11.2. The minimum atomic E-state index is -2.82. The highest BCUT2D eigenvalue weighted by molar-refractivity contribution is 7.91. The number of ether oxygens (including phenoxy) is 1. The minimum absolute atomic E-state index is 0.172. The Labute approximate surface area is 145 Å². The van der Waals surface area contributed by atoms with Crippen molar-refractivity contribution in [1.29, 1.82) is 0 Å². The zero-order valence-corrected chi connectivity index (χ0v) is 15.5. The minimum Gasteiger partial charge on any atom is -0.381 e. The normalized spacial score (nSPS) is 36.1. The molecule has 4 unspecified atom stereocenters. The summed E-state index contributed by atoms with van der Waals surface area (Å²) in [6.45, 7) is 5.44. The molecule has 0 aromatic heterocycles. The Bertz CT molecular complexity index is 543. The van der Waals surface area contributed by atoms with Gasteiger partial charge in [0.1, 0.15) is 0 Å². The second-order valence-electron chi connectivity index (χ2n) is 7.83. The maximum Gasteiger partial charge on any atom is 0.191 e. The molecule has 0 bridgehead atoms. The van der Waals surface area contributed by atoms with Gasteiger partial charge in [0.15, 0.2) is 15.8 Å². The van der Waals surface area contributed by atoms with Crippen molar-refractivity contribution in [2.24, 2.45) is 22.7 Å². The van der Waals surface area contributed by atoms with Crippen molar-refractivity contribution in [2.45, 2.75) is 45.1 Å². The number of hydrogen-bond acceptors (Lipinski definition) is 4. The fraction of sp³-hybridized carbons (Fsp3) is 0.941. The number of nitrogens with one attached hydrogen (secondary N) is 2. The number of rotatable bonds is 5. The smallest absolute Gasteiger partial charge is 0.191 e. The summed E-state index contributed by atoms with van der Waals surface area (Å²) in [6.07, 6.45) is 5.48. The molecule has 2 saturated heterocycles. The van der Waals surface area contributed by atoms with Crippen LogP contribution in [0.5, 0.6) is 0 Å². The standard InChI is InChI=1S/C17H31N3O3S/c1-13-2-3-16(8-13)20-17(18-9-14-4-6-23-11-14)19-10-15-5-7-24(21,22)12-15/h13-16H,2-12H2,1H3,(H2,18,19,20). The number of hydrogen-bond donors (Lipinski definition) is 2. The molecular formula is C17H31N3O3S. The molecule has 3 aliphatic rings. The molecule has 4 atom stereocenters. The summed E-state index contributed by atoms with van der Waals surface area (Å²) in [5, 5.41) is 7.02. The van der Waals surface area contributed by atoms with E-state index in [0.717, 1.165) is 44.5 Å². The van der Waals surface area contributed by atoms with Crippen LogP contribution in [0.2, 0.25) is 0 Å². The molecule has 1 saturated carbocycles. The fourth-order valence-electron chi connectivity index (χ4n) is 3.91. The van der Waals surface area contributed by atoms with Crippen molar-refractivity contribution in [3.8, 4) is 0 Å². The van der Waals surface area contributed by atoms with Crippen molar-refractivity contribution in [3.63, 3.8) is 0 Å². The van der Waals surface area contributed by atoms with E-state index in [2.05, 4.69) is 17.6 Å². The average Bonchev–Trinajstić information content (AvgIpc) is 3.24. The quantitative estimate of drug-likeness (QED) is 0.571. The molecule has 2 aliphatic heterocycles. The monoisotopic (exact) mass is 357 g/mol. The zero-order chi connectivity index (χ0) is 17.0. The Morgan fingerprint density at radius 1 is 1.21 bits per heavy atom. The van der Waals surface area contributed by atoms with Gasteiger partial charge in [0, 0.05) is 31.7 Å². The van der Waals surface area contributed by atoms with E-state index in [1.807, 2.05) is 0 Å². The second-order valence-corrected chi connectivity index (χ2v) is 10.1. The van der Waals surface area contributed by atoms with Gasteiger partial charge in [-0.05, 0) is 43.9 Å². The van der Waals surface area contributed by atoms with E-state index in [4.69, 9.17) is 9.73 Å². The van der Waals surface area contributed by atoms with Crippen LogP contribution >= 0.6 is 0 Å². The van der Waals surface area contributed by atoms with Gasteiger partial charge in [-0.1, -0.05) is 6.92 Å². The molecule has 1 aliphatic carbocycles. The van der Waals surface area contributed by atoms with Crippen molar-refractivity contribution in [1.82, 2.24) is 10.6 Å². The van der Waals surface area contributed by atoms with Gasteiger partial charge in [-0.15, -0.1) is 0 Å². The van der Waals surface area contributed by atoms with Crippen molar-refractivity contribution in [2.75, 3.05) is 37.8 Å². The lowest BCUT2D eigenvalue weighted by Gasteiger charge is -2.19. The Kier molecular flexibility index (Phi) is 6.02. The summed E-state index contributed by atoms with van der Waals surface area (Å²) >= 11 is 0. The molecule has 138 valence electrons. The van der Waals surface area contributed by atoms with E-state index in [-0.39, 0.29) is 5.92 Å². The average molecular weight is 358 g/mol. The first kappa shape index (κ1) is 18.0. The van der Waals surface area contributed by atoms with Crippen LogP contribution in [0.15, 0.2) is 4.99 Å². The van der Waals surface area contributed by atoms with E-state index in [9.17, 15) is 8.42 Å². The highest BCUT2D eigenvalue weighted by Gasteiger charge is 2.28. The maximum absolute atomic E-state index is 11.6. The maximum atomic E-state index is 11.6. The number of nitrogens with zero attached hydrogens (tertiary/aromatic N) is 1. The third-order valence-corrected chi connectivity index (χ3v) is 7.29. The molecule has 3 rings (SSSR count). The van der Waals surface area contributed by atoms with E-state index in [1.54, 1.807) is 0 Å². The summed E-state index contributed by atoms with van der Waals surface area (Å²) in [5.74, 6) is 2.96. The van der Waals surface area contributed by atoms with Crippen LogP contribution in [0.1, 0.15) is 39.0 Å². The van der Waals surface area contributed by atoms with Gasteiger partial charge in [0.2, 0.25) is 0 Å². The summed E-state index contributed by atoms with van der Waals surface area (Å²) in [4.78, 5) is 4.71. The Morgan fingerprint density at radius 3 is 2.71 bits per heavy atom. The summed E-state index contributed by atoms with van der Waals surface area (Å²) in [7, 11) is -2.82. The van der Waals surface area contributed by atoms with Crippen molar-refractivity contribution in [3.05, 3.63) is 0 Å². The molecule has 24 heavy (non-hydrogen) atoms. The van der Waals surface area contributed by atoms with Gasteiger partial charge in [-0.3, -0.25) is 4.99 Å². The SMILES string of the molecule is CC1CCC(NC(=NCC2CCS(=O)(=O)C2)NCC2CCOC2)C1. The molecular weight excluding hydrogens is 326 g/mol. The number of guanidine groups is 1. The highest BCUT2D eigenvalue weighted by atomic mass is 32.2. The first-order chi connectivity index (χ1) is 11.5. The van der Waals surface area contributed by atoms with Crippen LogP contribution in [-0.2, 0) is 14.6 Å². The summed E-state index contributed by atoms with van der Waals surface area (Å²) in [5.41, 5.74) is 0. The predicted molar refractivity (Wildman–Crippen MR) is 95.9 cm³/mol. The van der Waals surface area contributed by atoms with Gasteiger partial charge in [-0.25, -0.2) is 8.42 Å². The largest absolute Gasteiger partial charge is 0.381 e. The summed E-state index contributed by atoms with van der Waals surface area (Å²) < 4.78 is 28.6. The lowest BCUT2D eigenvalue weighted by atomic mass is 10.1. The molecule has 0 spiro atoms. The van der Waals surface area contributed by atoms with Gasteiger partial charge < -0.3 is 15.4 Å². The molecule has 6 nitrogen and oxygen atoms in total. The Morgan fingerprint density at radius 2 is 2.08 bits per heavy atom. The fourth-order valence-corrected chi connectivity index (χ4v) is 5.76. The van der Waals surface area contributed by atoms with E-state index >= 15 is 0 Å². The third kappa shape index (κ3) is 5.34. The van der Waals surface area contributed by atoms with Gasteiger partial charge >= 0.3 is 0 Å². The van der Waals surface area contributed by atoms with Crippen LogP contribution < -0.4 is 10.6 Å². The molecule has 2 N–H and O–H groups in total. The lowest BCUT2D eigenvalue weighted by molar-refractivity contribution is 0.186. The number of aliphatic imine (C=N–C) groups is 1. The predicted octanol–water partition coefficient (Wildman–Crippen LogP) is 1.18. The van der Waals surface area contributed by atoms with Crippen LogP contribution in [-0.4, -0.2) is 58.2 Å². The van der Waals surface area contributed by atoms with E-state index in [0.29, 0.717) is 30.0 Å².